The van der Waals surface area contributed by atoms with Gasteiger partial charge in [-0.05, 0) is 43.6 Å². The predicted molar refractivity (Wildman–Crippen MR) is 114 cm³/mol. The van der Waals surface area contributed by atoms with Crippen molar-refractivity contribution in [3.63, 3.8) is 0 Å². The molecule has 0 radical (unpaired) electrons. The van der Waals surface area contributed by atoms with E-state index < -0.39 is 6.36 Å². The molecule has 31 heavy (non-hydrogen) atoms. The van der Waals surface area contributed by atoms with Crippen LogP contribution in [0.4, 0.5) is 13.2 Å². The quantitative estimate of drug-likeness (QED) is 0.545. The molecule has 0 unspecified atom stereocenters. The van der Waals surface area contributed by atoms with Crippen LogP contribution in [0.2, 0.25) is 0 Å². The Kier molecular flexibility index (Phi) is 7.46. The summed E-state index contributed by atoms with van der Waals surface area (Å²) in [5, 5.41) is 7.66. The molecule has 1 aromatic heterocycles. The number of benzene rings is 2. The number of halogens is 4. The maximum Gasteiger partial charge on any atom is 0.573 e. The summed E-state index contributed by atoms with van der Waals surface area (Å²) in [7, 11) is 0. The standard InChI is InChI=1S/C22H22F3N3O2.ClH/c23-22(24,25)30-21-12-19(29-15-16-4-2-1-3-5-16)6-7-20(21)17-13-27-28(14-17)18-8-10-26-11-9-18;/h1-7,12-14,18,26H,8-11,15H2;1H. The molecule has 0 amide bonds. The zero-order valence-corrected chi connectivity index (χ0v) is 17.5. The highest BCUT2D eigenvalue weighted by molar-refractivity contribution is 5.85. The molecule has 1 saturated heterocycles. The molecule has 166 valence electrons. The molecule has 0 aliphatic carbocycles. The number of rotatable bonds is 6. The Morgan fingerprint density at radius 3 is 2.52 bits per heavy atom. The average Bonchev–Trinajstić information content (AvgIpc) is 3.23. The maximum absolute atomic E-state index is 13.0. The topological polar surface area (TPSA) is 48.3 Å². The first kappa shape index (κ1) is 23.0. The number of ether oxygens (including phenoxy) is 2. The van der Waals surface area contributed by atoms with Gasteiger partial charge >= 0.3 is 6.36 Å². The summed E-state index contributed by atoms with van der Waals surface area (Å²) >= 11 is 0. The molecule has 0 spiro atoms. The average molecular weight is 454 g/mol. The summed E-state index contributed by atoms with van der Waals surface area (Å²) in [5.74, 6) is -0.00878. The van der Waals surface area contributed by atoms with E-state index in [9.17, 15) is 13.2 Å². The molecule has 4 rings (SSSR count). The van der Waals surface area contributed by atoms with Crippen LogP contribution >= 0.6 is 12.4 Å². The van der Waals surface area contributed by atoms with Crippen molar-refractivity contribution >= 4 is 12.4 Å². The van der Waals surface area contributed by atoms with Crippen molar-refractivity contribution in [2.75, 3.05) is 13.1 Å². The summed E-state index contributed by atoms with van der Waals surface area (Å²) in [6.45, 7) is 2.05. The minimum absolute atomic E-state index is 0. The van der Waals surface area contributed by atoms with E-state index in [1.165, 1.54) is 6.07 Å². The Labute approximate surface area is 184 Å². The Balaban J connectivity index is 0.00000272. The molecule has 9 heteroatoms. The number of nitrogens with zero attached hydrogens (tertiary/aromatic N) is 2. The number of aromatic nitrogens is 2. The number of piperidine rings is 1. The normalized spacial score (nSPS) is 14.7. The van der Waals surface area contributed by atoms with Crippen molar-refractivity contribution < 1.29 is 22.6 Å². The van der Waals surface area contributed by atoms with Crippen LogP contribution in [0.1, 0.15) is 24.4 Å². The van der Waals surface area contributed by atoms with E-state index in [0.717, 1.165) is 31.5 Å². The van der Waals surface area contributed by atoms with E-state index in [1.807, 2.05) is 35.0 Å². The monoisotopic (exact) mass is 453 g/mol. The highest BCUT2D eigenvalue weighted by Gasteiger charge is 2.32. The first-order valence-corrected chi connectivity index (χ1v) is 9.80. The fourth-order valence-electron chi connectivity index (χ4n) is 3.53. The van der Waals surface area contributed by atoms with Crippen LogP contribution in [0, 0.1) is 0 Å². The van der Waals surface area contributed by atoms with E-state index in [4.69, 9.17) is 4.74 Å². The van der Waals surface area contributed by atoms with Gasteiger partial charge in [0.2, 0.25) is 0 Å². The molecule has 5 nitrogen and oxygen atoms in total. The smallest absolute Gasteiger partial charge is 0.489 e. The Bertz CT molecular complexity index is 974. The summed E-state index contributed by atoms with van der Waals surface area (Å²) < 4.78 is 50.9. The summed E-state index contributed by atoms with van der Waals surface area (Å²) in [6, 6.07) is 14.1. The fraction of sp³-hybridized carbons (Fsp3) is 0.318. The van der Waals surface area contributed by atoms with Gasteiger partial charge in [0, 0.05) is 23.4 Å². The molecule has 1 aliphatic rings. The number of alkyl halides is 3. The molecule has 0 saturated carbocycles. The Morgan fingerprint density at radius 1 is 1.06 bits per heavy atom. The molecular formula is C22H23ClF3N3O2. The third-order valence-corrected chi connectivity index (χ3v) is 5.02. The largest absolute Gasteiger partial charge is 0.573 e. The highest BCUT2D eigenvalue weighted by atomic mass is 35.5. The van der Waals surface area contributed by atoms with Gasteiger partial charge in [-0.1, -0.05) is 30.3 Å². The van der Waals surface area contributed by atoms with Crippen molar-refractivity contribution in [1.82, 2.24) is 15.1 Å². The third-order valence-electron chi connectivity index (χ3n) is 5.02. The van der Waals surface area contributed by atoms with Gasteiger partial charge in [-0.2, -0.15) is 5.10 Å². The van der Waals surface area contributed by atoms with Crippen molar-refractivity contribution in [3.8, 4) is 22.6 Å². The van der Waals surface area contributed by atoms with Crippen molar-refractivity contribution in [3.05, 3.63) is 66.5 Å². The first-order chi connectivity index (χ1) is 14.5. The molecular weight excluding hydrogens is 431 g/mol. The Hall–Kier alpha value is -2.71. The van der Waals surface area contributed by atoms with E-state index in [1.54, 1.807) is 24.5 Å². The number of hydrogen-bond donors (Lipinski definition) is 1. The SMILES string of the molecule is Cl.FC(F)(F)Oc1cc(OCc2ccccc2)ccc1-c1cnn(C2CCNCC2)c1. The van der Waals surface area contributed by atoms with Crippen molar-refractivity contribution in [1.29, 1.82) is 0 Å². The lowest BCUT2D eigenvalue weighted by atomic mass is 10.1. The van der Waals surface area contributed by atoms with Crippen molar-refractivity contribution in [2.45, 2.75) is 31.9 Å². The zero-order valence-electron chi connectivity index (χ0n) is 16.6. The molecule has 1 aliphatic heterocycles. The molecule has 0 atom stereocenters. The van der Waals surface area contributed by atoms with Gasteiger partial charge in [0.15, 0.2) is 0 Å². The lowest BCUT2D eigenvalue weighted by Crippen LogP contribution is -2.29. The fourth-order valence-corrected chi connectivity index (χ4v) is 3.53. The lowest BCUT2D eigenvalue weighted by molar-refractivity contribution is -0.274. The van der Waals surface area contributed by atoms with E-state index in [2.05, 4.69) is 15.2 Å². The summed E-state index contributed by atoms with van der Waals surface area (Å²) in [5.41, 5.74) is 1.81. The van der Waals surface area contributed by atoms with Crippen molar-refractivity contribution in [2.24, 2.45) is 0 Å². The molecule has 1 N–H and O–H groups in total. The zero-order chi connectivity index (χ0) is 21.0. The molecule has 2 heterocycles. The van der Waals surface area contributed by atoms with Crippen LogP contribution in [-0.4, -0.2) is 29.2 Å². The van der Waals surface area contributed by atoms with Crippen LogP contribution in [0.15, 0.2) is 60.9 Å². The van der Waals surface area contributed by atoms with E-state index in [-0.39, 0.29) is 30.8 Å². The summed E-state index contributed by atoms with van der Waals surface area (Å²) in [4.78, 5) is 0. The van der Waals surface area contributed by atoms with Gasteiger partial charge in [-0.15, -0.1) is 25.6 Å². The van der Waals surface area contributed by atoms with Gasteiger partial charge in [-0.25, -0.2) is 0 Å². The van der Waals surface area contributed by atoms with Gasteiger partial charge in [-0.3, -0.25) is 4.68 Å². The molecule has 0 bridgehead atoms. The number of hydrogen-bond acceptors (Lipinski definition) is 4. The van der Waals surface area contributed by atoms with E-state index >= 15 is 0 Å². The van der Waals surface area contributed by atoms with Gasteiger partial charge in [0.25, 0.3) is 0 Å². The first-order valence-electron chi connectivity index (χ1n) is 9.80. The second-order valence-corrected chi connectivity index (χ2v) is 7.17. The van der Waals surface area contributed by atoms with Gasteiger partial charge in [0.1, 0.15) is 18.1 Å². The minimum Gasteiger partial charge on any atom is -0.489 e. The predicted octanol–water partition coefficient (Wildman–Crippen LogP) is 5.37. The van der Waals surface area contributed by atoms with Crippen LogP contribution in [0.25, 0.3) is 11.1 Å². The van der Waals surface area contributed by atoms with Gasteiger partial charge < -0.3 is 14.8 Å². The van der Waals surface area contributed by atoms with Crippen LogP contribution in [0.5, 0.6) is 11.5 Å². The second-order valence-electron chi connectivity index (χ2n) is 7.17. The minimum atomic E-state index is -4.81. The summed E-state index contributed by atoms with van der Waals surface area (Å²) in [6.07, 6.45) is 0.403. The van der Waals surface area contributed by atoms with Gasteiger partial charge in [0.05, 0.1) is 12.2 Å². The third kappa shape index (κ3) is 6.15. The van der Waals surface area contributed by atoms with E-state index in [0.29, 0.717) is 16.9 Å². The van der Waals surface area contributed by atoms with Crippen LogP contribution in [0.3, 0.4) is 0 Å². The Morgan fingerprint density at radius 2 is 1.81 bits per heavy atom. The van der Waals surface area contributed by atoms with Crippen LogP contribution in [-0.2, 0) is 6.61 Å². The number of nitrogens with one attached hydrogen (secondary N) is 1. The molecule has 2 aromatic carbocycles. The second kappa shape index (κ2) is 10.1. The molecule has 3 aromatic rings. The molecule has 1 fully saturated rings. The van der Waals surface area contributed by atoms with Crippen LogP contribution < -0.4 is 14.8 Å². The maximum atomic E-state index is 13.0. The highest BCUT2D eigenvalue weighted by Crippen LogP contribution is 2.37. The lowest BCUT2D eigenvalue weighted by Gasteiger charge is -2.22.